The van der Waals surface area contributed by atoms with Crippen LogP contribution in [-0.2, 0) is 5.72 Å². The van der Waals surface area contributed by atoms with Gasteiger partial charge in [-0.15, -0.1) is 0 Å². The minimum absolute atomic E-state index is 0.0220. The Hall–Kier alpha value is -3.00. The molecule has 4 rings (SSSR count). The Morgan fingerprint density at radius 1 is 1.03 bits per heavy atom. The van der Waals surface area contributed by atoms with Gasteiger partial charge >= 0.3 is 0 Å². The number of amides is 1. The Balaban J connectivity index is 2.04. The lowest BCUT2D eigenvalue weighted by atomic mass is 9.93. The number of halogens is 3. The highest BCUT2D eigenvalue weighted by molar-refractivity contribution is 6.32. The molecular formula is C20H11Cl2FN2O4. The van der Waals surface area contributed by atoms with Crippen LogP contribution in [-0.4, -0.2) is 15.9 Å². The third-order valence-corrected chi connectivity index (χ3v) is 5.39. The molecule has 1 heterocycles. The Kier molecular flexibility index (Phi) is 4.53. The van der Waals surface area contributed by atoms with Crippen molar-refractivity contribution in [1.29, 1.82) is 0 Å². The fraction of sp³-hybridized carbons (Fsp3) is 0.0500. The topological polar surface area (TPSA) is 83.7 Å². The van der Waals surface area contributed by atoms with Crippen LogP contribution in [0.3, 0.4) is 0 Å². The molecule has 1 N–H and O–H groups in total. The molecule has 3 aromatic rings. The summed E-state index contributed by atoms with van der Waals surface area (Å²) in [5.41, 5.74) is -2.67. The van der Waals surface area contributed by atoms with Gasteiger partial charge in [-0.05, 0) is 24.3 Å². The van der Waals surface area contributed by atoms with Crippen molar-refractivity contribution in [2.75, 3.05) is 4.90 Å². The van der Waals surface area contributed by atoms with Gasteiger partial charge < -0.3 is 5.11 Å². The lowest BCUT2D eigenvalue weighted by Crippen LogP contribution is -2.45. The molecule has 9 heteroatoms. The fourth-order valence-electron chi connectivity index (χ4n) is 3.46. The standard InChI is InChI=1S/C20H11Cl2FN2O4/c21-14-9-8-11(10-17(14)25(28)29)20(27)13-5-2-1-4-12(13)19(26)24(20)16-7-3-6-15(22)18(16)23/h1-10,27H. The number of nitrogens with zero attached hydrogens (tertiary/aromatic N) is 2. The predicted octanol–water partition coefficient (Wildman–Crippen LogP) is 4.89. The van der Waals surface area contributed by atoms with Gasteiger partial charge in [-0.3, -0.25) is 19.8 Å². The van der Waals surface area contributed by atoms with Crippen molar-refractivity contribution in [2.45, 2.75) is 5.72 Å². The number of rotatable bonds is 3. The first-order valence-corrected chi connectivity index (χ1v) is 9.07. The molecule has 146 valence electrons. The fourth-order valence-corrected chi connectivity index (χ4v) is 3.82. The second-order valence-corrected chi connectivity index (χ2v) is 7.17. The summed E-state index contributed by atoms with van der Waals surface area (Å²) in [5.74, 6) is -1.58. The third kappa shape index (κ3) is 2.78. The molecular weight excluding hydrogens is 422 g/mol. The summed E-state index contributed by atoms with van der Waals surface area (Å²) in [7, 11) is 0. The maximum absolute atomic E-state index is 14.8. The molecule has 29 heavy (non-hydrogen) atoms. The molecule has 1 aliphatic rings. The minimum Gasteiger partial charge on any atom is -0.363 e. The van der Waals surface area contributed by atoms with Crippen LogP contribution in [0.5, 0.6) is 0 Å². The van der Waals surface area contributed by atoms with E-state index in [4.69, 9.17) is 23.2 Å². The number of hydrogen-bond acceptors (Lipinski definition) is 4. The van der Waals surface area contributed by atoms with Crippen molar-refractivity contribution in [1.82, 2.24) is 0 Å². The molecule has 1 amide bonds. The lowest BCUT2D eigenvalue weighted by molar-refractivity contribution is -0.384. The second-order valence-electron chi connectivity index (χ2n) is 6.35. The first-order valence-electron chi connectivity index (χ1n) is 8.31. The van der Waals surface area contributed by atoms with E-state index < -0.39 is 28.1 Å². The van der Waals surface area contributed by atoms with Gasteiger partial charge in [-0.1, -0.05) is 53.5 Å². The van der Waals surface area contributed by atoms with E-state index in [0.29, 0.717) is 0 Å². The van der Waals surface area contributed by atoms with Gasteiger partial charge in [-0.25, -0.2) is 4.39 Å². The van der Waals surface area contributed by atoms with E-state index in [0.717, 1.165) is 11.0 Å². The molecule has 1 atom stereocenters. The van der Waals surface area contributed by atoms with Crippen molar-refractivity contribution >= 4 is 40.5 Å². The molecule has 0 radical (unpaired) electrons. The van der Waals surface area contributed by atoms with Crippen LogP contribution in [0.25, 0.3) is 0 Å². The van der Waals surface area contributed by atoms with Crippen LogP contribution in [0, 0.1) is 15.9 Å². The summed E-state index contributed by atoms with van der Waals surface area (Å²) in [6.07, 6.45) is 0. The van der Waals surface area contributed by atoms with Gasteiger partial charge in [0, 0.05) is 22.8 Å². The molecule has 0 aliphatic carbocycles. The molecule has 0 bridgehead atoms. The summed E-state index contributed by atoms with van der Waals surface area (Å²) in [5, 5.41) is 22.7. The highest BCUT2D eigenvalue weighted by atomic mass is 35.5. The van der Waals surface area contributed by atoms with E-state index in [-0.39, 0.29) is 32.4 Å². The third-order valence-electron chi connectivity index (χ3n) is 4.78. The Labute approximate surface area is 173 Å². The first kappa shape index (κ1) is 19.3. The number of aliphatic hydroxyl groups is 1. The van der Waals surface area contributed by atoms with E-state index >= 15 is 0 Å². The molecule has 1 unspecified atom stereocenters. The van der Waals surface area contributed by atoms with Crippen LogP contribution in [0.2, 0.25) is 10.0 Å². The average molecular weight is 433 g/mol. The van der Waals surface area contributed by atoms with Gasteiger partial charge in [0.15, 0.2) is 11.5 Å². The monoisotopic (exact) mass is 432 g/mol. The van der Waals surface area contributed by atoms with Gasteiger partial charge in [-0.2, -0.15) is 0 Å². The van der Waals surface area contributed by atoms with E-state index in [1.54, 1.807) is 12.1 Å². The Bertz CT molecular complexity index is 1190. The number of carbonyl (C=O) groups is 1. The van der Waals surface area contributed by atoms with E-state index in [1.165, 1.54) is 42.5 Å². The highest BCUT2D eigenvalue weighted by Gasteiger charge is 2.52. The van der Waals surface area contributed by atoms with Gasteiger partial charge in [0.05, 0.1) is 15.6 Å². The summed E-state index contributed by atoms with van der Waals surface area (Å²) in [6, 6.07) is 13.9. The number of nitro benzene ring substituents is 1. The molecule has 6 nitrogen and oxygen atoms in total. The maximum Gasteiger partial charge on any atom is 0.288 e. The van der Waals surface area contributed by atoms with Crippen molar-refractivity contribution in [2.24, 2.45) is 0 Å². The summed E-state index contributed by atoms with van der Waals surface area (Å²) in [6.45, 7) is 0. The highest BCUT2D eigenvalue weighted by Crippen LogP contribution is 2.47. The van der Waals surface area contributed by atoms with Gasteiger partial charge in [0.25, 0.3) is 11.6 Å². The molecule has 0 fully saturated rings. The number of anilines is 1. The quantitative estimate of drug-likeness (QED) is 0.471. The number of hydrogen-bond donors (Lipinski definition) is 1. The molecule has 3 aromatic carbocycles. The Morgan fingerprint density at radius 3 is 2.48 bits per heavy atom. The molecule has 0 spiro atoms. The molecule has 0 saturated heterocycles. The zero-order valence-corrected chi connectivity index (χ0v) is 16.0. The summed E-state index contributed by atoms with van der Waals surface area (Å²) in [4.78, 5) is 24.6. The first-order chi connectivity index (χ1) is 13.8. The predicted molar refractivity (Wildman–Crippen MR) is 106 cm³/mol. The zero-order chi connectivity index (χ0) is 20.9. The van der Waals surface area contributed by atoms with Crippen molar-refractivity contribution < 1.29 is 19.2 Å². The van der Waals surface area contributed by atoms with E-state index in [1.807, 2.05) is 0 Å². The maximum atomic E-state index is 14.8. The van der Waals surface area contributed by atoms with Gasteiger partial charge in [0.1, 0.15) is 5.02 Å². The number of nitro groups is 1. The molecule has 0 saturated carbocycles. The minimum atomic E-state index is -2.21. The van der Waals surface area contributed by atoms with E-state index in [2.05, 4.69) is 0 Å². The van der Waals surface area contributed by atoms with Crippen molar-refractivity contribution in [3.63, 3.8) is 0 Å². The van der Waals surface area contributed by atoms with E-state index in [9.17, 15) is 24.4 Å². The van der Waals surface area contributed by atoms with Crippen molar-refractivity contribution in [3.8, 4) is 0 Å². The van der Waals surface area contributed by atoms with Crippen LogP contribution < -0.4 is 4.90 Å². The van der Waals surface area contributed by atoms with Crippen molar-refractivity contribution in [3.05, 3.63) is 103 Å². The second kappa shape index (κ2) is 6.81. The zero-order valence-electron chi connectivity index (χ0n) is 14.5. The normalized spacial score (nSPS) is 18.1. The Morgan fingerprint density at radius 2 is 1.76 bits per heavy atom. The van der Waals surface area contributed by atoms with Crippen LogP contribution >= 0.6 is 23.2 Å². The number of carbonyl (C=O) groups excluding carboxylic acids is 1. The van der Waals surface area contributed by atoms with Crippen LogP contribution in [0.15, 0.2) is 60.7 Å². The average Bonchev–Trinajstić information content (AvgIpc) is 2.93. The number of fused-ring (bicyclic) bond motifs is 1. The molecule has 0 aromatic heterocycles. The van der Waals surface area contributed by atoms with Crippen LogP contribution in [0.4, 0.5) is 15.8 Å². The largest absolute Gasteiger partial charge is 0.363 e. The summed E-state index contributed by atoms with van der Waals surface area (Å²) >= 11 is 11.8. The SMILES string of the molecule is O=C1c2ccccc2C(O)(c2ccc(Cl)c([N+](=O)[O-])c2)N1c1cccc(Cl)c1F. The lowest BCUT2D eigenvalue weighted by Gasteiger charge is -2.35. The smallest absolute Gasteiger partial charge is 0.288 e. The van der Waals surface area contributed by atoms with Crippen LogP contribution in [0.1, 0.15) is 21.5 Å². The summed E-state index contributed by atoms with van der Waals surface area (Å²) < 4.78 is 14.8. The van der Waals surface area contributed by atoms with Gasteiger partial charge in [0.2, 0.25) is 0 Å². The molecule has 1 aliphatic heterocycles. The number of benzene rings is 3.